The number of aromatic nitrogens is 1. The molecule has 0 aliphatic carbocycles. The Hall–Kier alpha value is -1.95. The number of nitrogens with zero attached hydrogens (tertiary/aromatic N) is 2. The highest BCUT2D eigenvalue weighted by atomic mass is 32.1. The molecule has 1 aromatic heterocycles. The molecule has 0 bridgehead atoms. The molecule has 112 valence electrons. The van der Waals surface area contributed by atoms with Gasteiger partial charge in [0.05, 0.1) is 18.5 Å². The van der Waals surface area contributed by atoms with E-state index < -0.39 is 0 Å². The Balaban J connectivity index is 2.03. The molecule has 0 unspecified atom stereocenters. The molecule has 0 aliphatic heterocycles. The van der Waals surface area contributed by atoms with E-state index in [1.807, 2.05) is 12.3 Å². The van der Waals surface area contributed by atoms with Crippen molar-refractivity contribution in [2.24, 2.45) is 5.10 Å². The van der Waals surface area contributed by atoms with Gasteiger partial charge in [-0.15, -0.1) is 11.3 Å². The van der Waals surface area contributed by atoms with Crippen LogP contribution in [0.4, 0.5) is 9.52 Å². The fourth-order valence-corrected chi connectivity index (χ4v) is 2.27. The van der Waals surface area contributed by atoms with Gasteiger partial charge in [-0.25, -0.2) is 9.37 Å². The molecule has 1 heterocycles. The lowest BCUT2D eigenvalue weighted by Gasteiger charge is -2.08. The summed E-state index contributed by atoms with van der Waals surface area (Å²) in [5, 5.41) is 6.78. The predicted molar refractivity (Wildman–Crippen MR) is 84.9 cm³/mol. The van der Waals surface area contributed by atoms with Gasteiger partial charge in [0.2, 0.25) is 5.13 Å². The summed E-state index contributed by atoms with van der Waals surface area (Å²) in [7, 11) is 0. The largest absolute Gasteiger partial charge is 0.493 e. The van der Waals surface area contributed by atoms with Crippen molar-refractivity contribution in [1.29, 1.82) is 0 Å². The Bertz CT molecular complexity index is 613. The molecule has 0 fully saturated rings. The normalized spacial score (nSPS) is 11.0. The third-order valence-corrected chi connectivity index (χ3v) is 3.58. The summed E-state index contributed by atoms with van der Waals surface area (Å²) in [6, 6.07) is 4.42. The van der Waals surface area contributed by atoms with E-state index in [4.69, 9.17) is 4.74 Å². The first-order chi connectivity index (χ1) is 10.2. The smallest absolute Gasteiger partial charge is 0.203 e. The fourth-order valence-electron chi connectivity index (χ4n) is 1.63. The van der Waals surface area contributed by atoms with Crippen molar-refractivity contribution in [2.75, 3.05) is 12.0 Å². The molecular formula is C15H18FN3OS. The highest BCUT2D eigenvalue weighted by Gasteiger charge is 2.04. The molecule has 1 aromatic carbocycles. The van der Waals surface area contributed by atoms with Crippen LogP contribution >= 0.6 is 11.3 Å². The van der Waals surface area contributed by atoms with Crippen molar-refractivity contribution in [3.63, 3.8) is 0 Å². The van der Waals surface area contributed by atoms with E-state index in [9.17, 15) is 4.39 Å². The maximum atomic E-state index is 13.3. The van der Waals surface area contributed by atoms with Crippen molar-refractivity contribution in [3.05, 3.63) is 40.7 Å². The summed E-state index contributed by atoms with van der Waals surface area (Å²) in [6.07, 6.45) is 3.57. The van der Waals surface area contributed by atoms with E-state index in [1.54, 1.807) is 12.3 Å². The summed E-state index contributed by atoms with van der Waals surface area (Å²) < 4.78 is 18.9. The summed E-state index contributed by atoms with van der Waals surface area (Å²) in [5.74, 6) is 0.187. The SMILES string of the molecule is CCCCOc1cc(F)ccc1C=NNc1nc(C)cs1. The van der Waals surface area contributed by atoms with Crippen LogP contribution in [0.2, 0.25) is 0 Å². The third-order valence-electron chi connectivity index (χ3n) is 2.71. The molecule has 1 N–H and O–H groups in total. The number of hydrazone groups is 1. The second-order valence-electron chi connectivity index (χ2n) is 4.55. The van der Waals surface area contributed by atoms with Gasteiger partial charge < -0.3 is 4.74 Å². The Labute approximate surface area is 127 Å². The molecule has 0 aliphatic rings. The topological polar surface area (TPSA) is 46.5 Å². The van der Waals surface area contributed by atoms with E-state index in [-0.39, 0.29) is 5.82 Å². The van der Waals surface area contributed by atoms with Crippen molar-refractivity contribution in [2.45, 2.75) is 26.7 Å². The van der Waals surface area contributed by atoms with Gasteiger partial charge in [-0.2, -0.15) is 5.10 Å². The number of benzene rings is 1. The Morgan fingerprint density at radius 1 is 1.48 bits per heavy atom. The van der Waals surface area contributed by atoms with Crippen LogP contribution in [0.25, 0.3) is 0 Å². The number of nitrogens with one attached hydrogen (secondary N) is 1. The van der Waals surface area contributed by atoms with Crippen LogP contribution in [0.5, 0.6) is 5.75 Å². The number of aryl methyl sites for hydroxylation is 1. The van der Waals surface area contributed by atoms with Crippen LogP contribution in [0, 0.1) is 12.7 Å². The van der Waals surface area contributed by atoms with Crippen LogP contribution in [0.15, 0.2) is 28.7 Å². The van der Waals surface area contributed by atoms with Crippen LogP contribution in [0.1, 0.15) is 31.0 Å². The monoisotopic (exact) mass is 307 g/mol. The van der Waals surface area contributed by atoms with Crippen molar-refractivity contribution < 1.29 is 9.13 Å². The van der Waals surface area contributed by atoms with Gasteiger partial charge in [-0.05, 0) is 25.5 Å². The first-order valence-corrected chi connectivity index (χ1v) is 7.70. The standard InChI is InChI=1S/C15H18FN3OS/c1-3-4-7-20-14-8-13(16)6-5-12(14)9-17-19-15-18-11(2)10-21-15/h5-6,8-10H,3-4,7H2,1-2H3,(H,18,19). The first-order valence-electron chi connectivity index (χ1n) is 6.82. The minimum atomic E-state index is -0.317. The fraction of sp³-hybridized carbons (Fsp3) is 0.333. The molecule has 2 aromatic rings. The zero-order valence-electron chi connectivity index (χ0n) is 12.1. The maximum Gasteiger partial charge on any atom is 0.203 e. The van der Waals surface area contributed by atoms with Gasteiger partial charge in [-0.3, -0.25) is 5.43 Å². The lowest BCUT2D eigenvalue weighted by Crippen LogP contribution is -2.01. The first kappa shape index (κ1) is 15.4. The van der Waals surface area contributed by atoms with Crippen molar-refractivity contribution >= 4 is 22.7 Å². The Morgan fingerprint density at radius 2 is 2.33 bits per heavy atom. The van der Waals surface area contributed by atoms with Crippen molar-refractivity contribution in [3.8, 4) is 5.75 Å². The van der Waals surface area contributed by atoms with E-state index >= 15 is 0 Å². The second-order valence-corrected chi connectivity index (χ2v) is 5.41. The Kier molecular flexibility index (Phi) is 5.68. The molecule has 6 heteroatoms. The van der Waals surface area contributed by atoms with Gasteiger partial charge in [-0.1, -0.05) is 13.3 Å². The molecule has 2 rings (SSSR count). The number of ether oxygens (including phenoxy) is 1. The van der Waals surface area contributed by atoms with Crippen LogP contribution in [0.3, 0.4) is 0 Å². The number of hydrogen-bond donors (Lipinski definition) is 1. The molecule has 0 saturated heterocycles. The molecule has 0 amide bonds. The molecule has 4 nitrogen and oxygen atoms in total. The number of unbranched alkanes of at least 4 members (excludes halogenated alkanes) is 1. The zero-order chi connectivity index (χ0) is 15.1. The number of anilines is 1. The zero-order valence-corrected chi connectivity index (χ0v) is 12.9. The van der Waals surface area contributed by atoms with Gasteiger partial charge in [0, 0.05) is 17.0 Å². The van der Waals surface area contributed by atoms with Gasteiger partial charge in [0.25, 0.3) is 0 Å². The number of thiazole rings is 1. The average molecular weight is 307 g/mol. The highest BCUT2D eigenvalue weighted by molar-refractivity contribution is 7.13. The van der Waals surface area contributed by atoms with E-state index in [2.05, 4.69) is 22.4 Å². The van der Waals surface area contributed by atoms with Crippen LogP contribution in [-0.2, 0) is 0 Å². The van der Waals surface area contributed by atoms with Gasteiger partial charge >= 0.3 is 0 Å². The second kappa shape index (κ2) is 7.73. The molecule has 0 spiro atoms. The third kappa shape index (κ3) is 4.82. The van der Waals surface area contributed by atoms with E-state index in [1.165, 1.54) is 23.5 Å². The summed E-state index contributed by atoms with van der Waals surface area (Å²) >= 11 is 1.48. The molecular weight excluding hydrogens is 289 g/mol. The number of hydrogen-bond acceptors (Lipinski definition) is 5. The predicted octanol–water partition coefficient (Wildman–Crippen LogP) is 4.22. The summed E-state index contributed by atoms with van der Waals surface area (Å²) in [4.78, 5) is 4.24. The lowest BCUT2D eigenvalue weighted by atomic mass is 10.2. The average Bonchev–Trinajstić information content (AvgIpc) is 2.87. The number of rotatable bonds is 7. The van der Waals surface area contributed by atoms with Crippen LogP contribution < -0.4 is 10.2 Å². The lowest BCUT2D eigenvalue weighted by molar-refractivity contribution is 0.307. The molecule has 0 atom stereocenters. The van der Waals surface area contributed by atoms with Gasteiger partial charge in [0.1, 0.15) is 11.6 Å². The minimum Gasteiger partial charge on any atom is -0.493 e. The van der Waals surface area contributed by atoms with Crippen molar-refractivity contribution in [1.82, 2.24) is 4.98 Å². The van der Waals surface area contributed by atoms with Gasteiger partial charge in [0.15, 0.2) is 0 Å². The molecule has 0 saturated carbocycles. The Morgan fingerprint density at radius 3 is 3.05 bits per heavy atom. The van der Waals surface area contributed by atoms with Crippen LogP contribution in [-0.4, -0.2) is 17.8 Å². The molecule has 21 heavy (non-hydrogen) atoms. The highest BCUT2D eigenvalue weighted by Crippen LogP contribution is 2.19. The summed E-state index contributed by atoms with van der Waals surface area (Å²) in [6.45, 7) is 4.57. The molecule has 0 radical (unpaired) electrons. The maximum absolute atomic E-state index is 13.3. The number of halogens is 1. The van der Waals surface area contributed by atoms with E-state index in [0.29, 0.717) is 12.4 Å². The summed E-state index contributed by atoms with van der Waals surface area (Å²) in [5.41, 5.74) is 4.53. The van der Waals surface area contributed by atoms with E-state index in [0.717, 1.165) is 29.2 Å². The quantitative estimate of drug-likeness (QED) is 0.473. The minimum absolute atomic E-state index is 0.317.